The average Bonchev–Trinajstić information content (AvgIpc) is 2.44. The first kappa shape index (κ1) is 11.8. The second kappa shape index (κ2) is 5.12. The molecule has 0 atom stereocenters. The smallest absolute Gasteiger partial charge is 0.130 e. The molecule has 18 heavy (non-hydrogen) atoms. The molecule has 0 unspecified atom stereocenters. The third-order valence-electron chi connectivity index (χ3n) is 3.42. The zero-order valence-corrected chi connectivity index (χ0v) is 11.0. The Labute approximate surface area is 112 Å². The van der Waals surface area contributed by atoms with E-state index in [0.717, 1.165) is 26.1 Å². The first-order valence-electron chi connectivity index (χ1n) is 6.26. The van der Waals surface area contributed by atoms with Gasteiger partial charge in [-0.05, 0) is 18.5 Å². The van der Waals surface area contributed by atoms with Gasteiger partial charge in [0.1, 0.15) is 11.8 Å². The Kier molecular flexibility index (Phi) is 3.35. The molecule has 2 aliphatic heterocycles. The molecule has 0 amide bonds. The highest BCUT2D eigenvalue weighted by Gasteiger charge is 2.24. The van der Waals surface area contributed by atoms with Crippen LogP contribution in [0.5, 0.6) is 0 Å². The van der Waals surface area contributed by atoms with Crippen LogP contribution in [0.4, 0.5) is 0 Å². The van der Waals surface area contributed by atoms with Crippen LogP contribution >= 0.6 is 11.6 Å². The van der Waals surface area contributed by atoms with Gasteiger partial charge in [-0.15, -0.1) is 0 Å². The third kappa shape index (κ3) is 2.28. The van der Waals surface area contributed by atoms with Gasteiger partial charge < -0.3 is 10.2 Å². The lowest BCUT2D eigenvalue weighted by Gasteiger charge is -2.34. The lowest BCUT2D eigenvalue weighted by molar-refractivity contribution is 0.322. The van der Waals surface area contributed by atoms with Crippen LogP contribution < -0.4 is 5.32 Å². The third-order valence-corrected chi connectivity index (χ3v) is 3.77. The van der Waals surface area contributed by atoms with Crippen LogP contribution in [0.3, 0.4) is 0 Å². The first-order chi connectivity index (χ1) is 8.84. The molecule has 4 heteroatoms. The number of benzene rings is 1. The van der Waals surface area contributed by atoms with Crippen molar-refractivity contribution in [1.82, 2.24) is 10.2 Å². The molecule has 3 rings (SSSR count). The average molecular weight is 262 g/mol. The highest BCUT2D eigenvalue weighted by Crippen LogP contribution is 2.25. The zero-order chi connectivity index (χ0) is 12.4. The summed E-state index contributed by atoms with van der Waals surface area (Å²) >= 11 is 6.20. The summed E-state index contributed by atoms with van der Waals surface area (Å²) in [6.45, 7) is 3.45. The number of nitrogens with one attached hydrogen (secondary N) is 1. The van der Waals surface area contributed by atoms with Gasteiger partial charge in [0.15, 0.2) is 0 Å². The molecule has 0 saturated heterocycles. The van der Waals surface area contributed by atoms with E-state index in [1.165, 1.54) is 16.8 Å². The van der Waals surface area contributed by atoms with Gasteiger partial charge in [0.2, 0.25) is 0 Å². The summed E-state index contributed by atoms with van der Waals surface area (Å²) in [6.07, 6.45) is 0.975. The number of nitrogens with zero attached hydrogens (tertiary/aromatic N) is 2. The molecule has 1 aromatic carbocycles. The predicted molar refractivity (Wildman–Crippen MR) is 74.7 cm³/mol. The standard InChI is InChI=1S/C14H16ClN3/c15-14-12-6-7-16-8-13(12)18(10-17-14)9-11-4-2-1-3-5-11/h1-5,16H,6-10H2. The minimum atomic E-state index is 0.661. The van der Waals surface area contributed by atoms with Crippen LogP contribution in [-0.4, -0.2) is 29.8 Å². The van der Waals surface area contributed by atoms with Crippen molar-refractivity contribution in [3.63, 3.8) is 0 Å². The molecule has 1 N–H and O–H groups in total. The summed E-state index contributed by atoms with van der Waals surface area (Å²) in [6, 6.07) is 10.5. The molecular weight excluding hydrogens is 246 g/mol. The monoisotopic (exact) mass is 261 g/mol. The van der Waals surface area contributed by atoms with Crippen molar-refractivity contribution < 1.29 is 0 Å². The molecule has 1 aromatic rings. The van der Waals surface area contributed by atoms with Crippen LogP contribution in [0.1, 0.15) is 12.0 Å². The van der Waals surface area contributed by atoms with E-state index in [1.807, 2.05) is 6.07 Å². The summed E-state index contributed by atoms with van der Waals surface area (Å²) in [7, 11) is 0. The molecule has 2 heterocycles. The molecule has 0 aromatic heterocycles. The van der Waals surface area contributed by atoms with Crippen molar-refractivity contribution in [2.24, 2.45) is 4.99 Å². The zero-order valence-electron chi connectivity index (χ0n) is 10.2. The van der Waals surface area contributed by atoms with Gasteiger partial charge in [-0.2, -0.15) is 0 Å². The van der Waals surface area contributed by atoms with Gasteiger partial charge in [0, 0.05) is 24.4 Å². The van der Waals surface area contributed by atoms with Gasteiger partial charge in [-0.3, -0.25) is 4.99 Å². The lowest BCUT2D eigenvalue weighted by Crippen LogP contribution is -2.38. The van der Waals surface area contributed by atoms with E-state index in [0.29, 0.717) is 11.8 Å². The largest absolute Gasteiger partial charge is 0.350 e. The molecular formula is C14H16ClN3. The van der Waals surface area contributed by atoms with Crippen LogP contribution in [-0.2, 0) is 6.54 Å². The van der Waals surface area contributed by atoms with Gasteiger partial charge in [-0.25, -0.2) is 0 Å². The van der Waals surface area contributed by atoms with E-state index in [-0.39, 0.29) is 0 Å². The van der Waals surface area contributed by atoms with Crippen molar-refractivity contribution in [2.75, 3.05) is 19.8 Å². The fourth-order valence-corrected chi connectivity index (χ4v) is 2.73. The molecule has 0 fully saturated rings. The lowest BCUT2D eigenvalue weighted by atomic mass is 10.0. The summed E-state index contributed by atoms with van der Waals surface area (Å²) in [5.41, 5.74) is 3.84. The van der Waals surface area contributed by atoms with Crippen molar-refractivity contribution in [2.45, 2.75) is 13.0 Å². The topological polar surface area (TPSA) is 27.6 Å². The minimum Gasteiger partial charge on any atom is -0.350 e. The van der Waals surface area contributed by atoms with Gasteiger partial charge in [0.25, 0.3) is 0 Å². The molecule has 2 aliphatic rings. The maximum atomic E-state index is 6.20. The van der Waals surface area contributed by atoms with Crippen molar-refractivity contribution in [3.05, 3.63) is 47.2 Å². The summed E-state index contributed by atoms with van der Waals surface area (Å²) in [4.78, 5) is 6.72. The van der Waals surface area contributed by atoms with Crippen molar-refractivity contribution in [1.29, 1.82) is 0 Å². The minimum absolute atomic E-state index is 0.661. The van der Waals surface area contributed by atoms with Crippen LogP contribution in [0, 0.1) is 0 Å². The summed E-state index contributed by atoms with van der Waals surface area (Å²) in [5.74, 6) is 0. The van der Waals surface area contributed by atoms with Crippen molar-refractivity contribution >= 4 is 16.8 Å². The number of halogens is 1. The quantitative estimate of drug-likeness (QED) is 0.885. The predicted octanol–water partition coefficient (Wildman–Crippen LogP) is 2.34. The van der Waals surface area contributed by atoms with Crippen LogP contribution in [0.2, 0.25) is 0 Å². The molecule has 3 nitrogen and oxygen atoms in total. The van der Waals surface area contributed by atoms with Gasteiger partial charge >= 0.3 is 0 Å². The Balaban J connectivity index is 1.84. The SMILES string of the molecule is ClC1=NCN(Cc2ccccc2)C2=C1CCNC2. The Bertz CT molecular complexity index is 493. The second-order valence-corrected chi connectivity index (χ2v) is 4.98. The summed E-state index contributed by atoms with van der Waals surface area (Å²) < 4.78 is 0. The highest BCUT2D eigenvalue weighted by atomic mass is 35.5. The fraction of sp³-hybridized carbons (Fsp3) is 0.357. The van der Waals surface area contributed by atoms with E-state index in [4.69, 9.17) is 11.6 Å². The van der Waals surface area contributed by atoms with E-state index >= 15 is 0 Å². The maximum Gasteiger partial charge on any atom is 0.130 e. The number of hydrogen-bond donors (Lipinski definition) is 1. The van der Waals surface area contributed by atoms with E-state index in [1.54, 1.807) is 0 Å². The molecule has 0 radical (unpaired) electrons. The second-order valence-electron chi connectivity index (χ2n) is 4.63. The van der Waals surface area contributed by atoms with Crippen molar-refractivity contribution in [3.8, 4) is 0 Å². The van der Waals surface area contributed by atoms with Gasteiger partial charge in [-0.1, -0.05) is 41.9 Å². The number of hydrogen-bond acceptors (Lipinski definition) is 3. The molecule has 0 bridgehead atoms. The first-order valence-corrected chi connectivity index (χ1v) is 6.64. The van der Waals surface area contributed by atoms with Crippen LogP contribution in [0.15, 0.2) is 46.6 Å². The number of rotatable bonds is 2. The Morgan fingerprint density at radius 2 is 2.11 bits per heavy atom. The van der Waals surface area contributed by atoms with E-state index in [2.05, 4.69) is 39.5 Å². The fourth-order valence-electron chi connectivity index (χ4n) is 2.47. The van der Waals surface area contributed by atoms with Gasteiger partial charge in [0.05, 0.1) is 0 Å². The Hall–Kier alpha value is -1.32. The molecule has 0 spiro atoms. The van der Waals surface area contributed by atoms with E-state index < -0.39 is 0 Å². The highest BCUT2D eigenvalue weighted by molar-refractivity contribution is 6.69. The van der Waals surface area contributed by atoms with Crippen LogP contribution in [0.25, 0.3) is 0 Å². The Morgan fingerprint density at radius 1 is 1.28 bits per heavy atom. The Morgan fingerprint density at radius 3 is 2.94 bits per heavy atom. The molecule has 94 valence electrons. The van der Waals surface area contributed by atoms with E-state index in [9.17, 15) is 0 Å². The molecule has 0 saturated carbocycles. The number of aliphatic imine (C=N–C) groups is 1. The molecule has 0 aliphatic carbocycles. The maximum absolute atomic E-state index is 6.20. The summed E-state index contributed by atoms with van der Waals surface area (Å²) in [5, 5.41) is 4.11. The normalized spacial score (nSPS) is 19.6.